The molecule has 5 nitrogen and oxygen atoms in total. The Bertz CT molecular complexity index is 793. The Morgan fingerprint density at radius 3 is 2.30 bits per heavy atom. The molecule has 27 heavy (non-hydrogen) atoms. The molecule has 1 heterocycles. The van der Waals surface area contributed by atoms with Crippen molar-refractivity contribution in [2.45, 2.75) is 20.4 Å². The zero-order valence-electron chi connectivity index (χ0n) is 16.1. The quantitative estimate of drug-likeness (QED) is 0.886. The number of amides is 2. The fourth-order valence-corrected chi connectivity index (χ4v) is 3.23. The standard InChI is InChI=1S/C22H27N3O2/c1-3-24-11-13-25(14-12-24)22(27)20-6-4-5-19(15-20)21(26)23-16-18-9-7-17(2)8-10-18/h4-10,15H,3,11-14,16H2,1-2H3,(H,23,26). The second-order valence-corrected chi connectivity index (χ2v) is 6.98. The van der Waals surface area contributed by atoms with Crippen LogP contribution in [0.25, 0.3) is 0 Å². The Labute approximate surface area is 161 Å². The van der Waals surface area contributed by atoms with Crippen LogP contribution in [0.4, 0.5) is 0 Å². The molecule has 0 bridgehead atoms. The minimum atomic E-state index is -0.166. The number of nitrogens with one attached hydrogen (secondary N) is 1. The minimum Gasteiger partial charge on any atom is -0.348 e. The number of hydrogen-bond acceptors (Lipinski definition) is 3. The number of rotatable bonds is 5. The molecule has 0 radical (unpaired) electrons. The molecule has 1 saturated heterocycles. The van der Waals surface area contributed by atoms with E-state index >= 15 is 0 Å². The number of aryl methyl sites for hydroxylation is 1. The van der Waals surface area contributed by atoms with Crippen molar-refractivity contribution in [1.82, 2.24) is 15.1 Å². The van der Waals surface area contributed by atoms with E-state index in [1.165, 1.54) is 5.56 Å². The number of hydrogen-bond donors (Lipinski definition) is 1. The molecule has 142 valence electrons. The lowest BCUT2D eigenvalue weighted by Crippen LogP contribution is -2.48. The molecule has 2 aromatic rings. The molecule has 2 aromatic carbocycles. The van der Waals surface area contributed by atoms with Crippen LogP contribution in [0.1, 0.15) is 38.8 Å². The number of benzene rings is 2. The molecule has 1 aliphatic rings. The topological polar surface area (TPSA) is 52.7 Å². The highest BCUT2D eigenvalue weighted by Crippen LogP contribution is 2.12. The molecule has 1 N–H and O–H groups in total. The first kappa shape index (κ1) is 19.1. The van der Waals surface area contributed by atoms with Crippen LogP contribution in [0.5, 0.6) is 0 Å². The van der Waals surface area contributed by atoms with Crippen molar-refractivity contribution < 1.29 is 9.59 Å². The van der Waals surface area contributed by atoms with Gasteiger partial charge in [-0.05, 0) is 37.2 Å². The molecular weight excluding hydrogens is 338 g/mol. The SMILES string of the molecule is CCN1CCN(C(=O)c2cccc(C(=O)NCc3ccc(C)cc3)c2)CC1. The molecule has 0 atom stereocenters. The van der Waals surface area contributed by atoms with Gasteiger partial charge in [-0.15, -0.1) is 0 Å². The summed E-state index contributed by atoms with van der Waals surface area (Å²) < 4.78 is 0. The third kappa shape index (κ3) is 4.95. The van der Waals surface area contributed by atoms with Crippen molar-refractivity contribution in [3.05, 3.63) is 70.8 Å². The van der Waals surface area contributed by atoms with Crippen LogP contribution in [0.2, 0.25) is 0 Å². The van der Waals surface area contributed by atoms with Gasteiger partial charge in [0.25, 0.3) is 11.8 Å². The van der Waals surface area contributed by atoms with Crippen molar-refractivity contribution >= 4 is 11.8 Å². The highest BCUT2D eigenvalue weighted by Gasteiger charge is 2.21. The van der Waals surface area contributed by atoms with Gasteiger partial charge in [-0.2, -0.15) is 0 Å². The minimum absolute atomic E-state index is 0.000984. The lowest BCUT2D eigenvalue weighted by atomic mass is 10.1. The van der Waals surface area contributed by atoms with Crippen molar-refractivity contribution in [1.29, 1.82) is 0 Å². The fraction of sp³-hybridized carbons (Fsp3) is 0.364. The van der Waals surface area contributed by atoms with E-state index in [0.29, 0.717) is 17.7 Å². The van der Waals surface area contributed by atoms with E-state index in [1.54, 1.807) is 24.3 Å². The lowest BCUT2D eigenvalue weighted by Gasteiger charge is -2.34. The molecule has 3 rings (SSSR count). The van der Waals surface area contributed by atoms with Crippen molar-refractivity contribution in [3.8, 4) is 0 Å². The van der Waals surface area contributed by atoms with Crippen molar-refractivity contribution in [3.63, 3.8) is 0 Å². The first-order chi connectivity index (χ1) is 13.1. The number of carbonyl (C=O) groups is 2. The highest BCUT2D eigenvalue weighted by atomic mass is 16.2. The van der Waals surface area contributed by atoms with E-state index < -0.39 is 0 Å². The monoisotopic (exact) mass is 365 g/mol. The largest absolute Gasteiger partial charge is 0.348 e. The van der Waals surface area contributed by atoms with E-state index in [1.807, 2.05) is 36.1 Å². The molecule has 0 aliphatic carbocycles. The van der Waals surface area contributed by atoms with Gasteiger partial charge in [0.05, 0.1) is 0 Å². The second kappa shape index (κ2) is 8.82. The summed E-state index contributed by atoms with van der Waals surface area (Å²) in [5.41, 5.74) is 3.33. The first-order valence-electron chi connectivity index (χ1n) is 9.52. The van der Waals surface area contributed by atoms with E-state index in [4.69, 9.17) is 0 Å². The van der Waals surface area contributed by atoms with Gasteiger partial charge in [0.2, 0.25) is 0 Å². The number of carbonyl (C=O) groups excluding carboxylic acids is 2. The summed E-state index contributed by atoms with van der Waals surface area (Å²) in [6.07, 6.45) is 0. The van der Waals surface area contributed by atoms with Crippen LogP contribution >= 0.6 is 0 Å². The maximum atomic E-state index is 12.8. The Balaban J connectivity index is 1.61. The van der Waals surface area contributed by atoms with Gasteiger partial charge < -0.3 is 15.1 Å². The first-order valence-corrected chi connectivity index (χ1v) is 9.52. The average molecular weight is 365 g/mol. The molecule has 2 amide bonds. The Morgan fingerprint density at radius 1 is 0.963 bits per heavy atom. The summed E-state index contributed by atoms with van der Waals surface area (Å²) in [5, 5.41) is 2.92. The summed E-state index contributed by atoms with van der Waals surface area (Å²) in [4.78, 5) is 29.4. The molecule has 1 aliphatic heterocycles. The Kier molecular flexibility index (Phi) is 6.24. The van der Waals surface area contributed by atoms with Crippen LogP contribution < -0.4 is 5.32 Å². The van der Waals surface area contributed by atoms with Crippen LogP contribution in [-0.2, 0) is 6.54 Å². The van der Waals surface area contributed by atoms with E-state index in [-0.39, 0.29) is 11.8 Å². The predicted molar refractivity (Wildman–Crippen MR) is 107 cm³/mol. The van der Waals surface area contributed by atoms with Gasteiger partial charge in [-0.3, -0.25) is 9.59 Å². The Hall–Kier alpha value is -2.66. The zero-order chi connectivity index (χ0) is 19.2. The van der Waals surface area contributed by atoms with Gasteiger partial charge in [0, 0.05) is 43.9 Å². The maximum absolute atomic E-state index is 12.8. The average Bonchev–Trinajstić information content (AvgIpc) is 2.72. The normalized spacial score (nSPS) is 14.8. The number of nitrogens with zero attached hydrogens (tertiary/aromatic N) is 2. The molecular formula is C22H27N3O2. The second-order valence-electron chi connectivity index (χ2n) is 6.98. The molecule has 0 spiro atoms. The van der Waals surface area contributed by atoms with Gasteiger partial charge >= 0.3 is 0 Å². The molecule has 0 saturated carbocycles. The Morgan fingerprint density at radius 2 is 1.63 bits per heavy atom. The van der Waals surface area contributed by atoms with Crippen molar-refractivity contribution in [2.24, 2.45) is 0 Å². The zero-order valence-corrected chi connectivity index (χ0v) is 16.1. The van der Waals surface area contributed by atoms with E-state index in [0.717, 1.165) is 38.3 Å². The van der Waals surface area contributed by atoms with Crippen LogP contribution in [-0.4, -0.2) is 54.3 Å². The van der Waals surface area contributed by atoms with Gasteiger partial charge in [-0.25, -0.2) is 0 Å². The van der Waals surface area contributed by atoms with E-state index in [9.17, 15) is 9.59 Å². The van der Waals surface area contributed by atoms with Crippen LogP contribution in [0, 0.1) is 6.92 Å². The number of piperazine rings is 1. The van der Waals surface area contributed by atoms with Gasteiger partial charge in [0.15, 0.2) is 0 Å². The summed E-state index contributed by atoms with van der Waals surface area (Å²) in [5.74, 6) is -0.167. The molecule has 5 heteroatoms. The third-order valence-electron chi connectivity index (χ3n) is 5.05. The van der Waals surface area contributed by atoms with E-state index in [2.05, 4.69) is 17.1 Å². The van der Waals surface area contributed by atoms with Gasteiger partial charge in [0.1, 0.15) is 0 Å². The summed E-state index contributed by atoms with van der Waals surface area (Å²) in [6, 6.07) is 15.1. The van der Waals surface area contributed by atoms with Crippen molar-refractivity contribution in [2.75, 3.05) is 32.7 Å². The third-order valence-corrected chi connectivity index (χ3v) is 5.05. The maximum Gasteiger partial charge on any atom is 0.253 e. The lowest BCUT2D eigenvalue weighted by molar-refractivity contribution is 0.0643. The van der Waals surface area contributed by atoms with Crippen LogP contribution in [0.3, 0.4) is 0 Å². The molecule has 0 unspecified atom stereocenters. The summed E-state index contributed by atoms with van der Waals surface area (Å²) >= 11 is 0. The number of likely N-dealkylation sites (N-methyl/N-ethyl adjacent to an activating group) is 1. The predicted octanol–water partition coefficient (Wildman–Crippen LogP) is 2.70. The smallest absolute Gasteiger partial charge is 0.253 e. The summed E-state index contributed by atoms with van der Waals surface area (Å²) in [6.45, 7) is 8.92. The summed E-state index contributed by atoms with van der Waals surface area (Å²) in [7, 11) is 0. The fourth-order valence-electron chi connectivity index (χ4n) is 3.23. The van der Waals surface area contributed by atoms with Crippen LogP contribution in [0.15, 0.2) is 48.5 Å². The molecule has 0 aromatic heterocycles. The van der Waals surface area contributed by atoms with Gasteiger partial charge in [-0.1, -0.05) is 42.8 Å². The highest BCUT2D eigenvalue weighted by molar-refractivity contribution is 5.99. The molecule has 1 fully saturated rings.